The van der Waals surface area contributed by atoms with E-state index in [0.717, 1.165) is 0 Å². The lowest BCUT2D eigenvalue weighted by Crippen LogP contribution is -2.19. The highest BCUT2D eigenvalue weighted by Gasteiger charge is 2.13. The summed E-state index contributed by atoms with van der Waals surface area (Å²) in [6.45, 7) is 0.263. The predicted molar refractivity (Wildman–Crippen MR) is 62.5 cm³/mol. The van der Waals surface area contributed by atoms with Crippen LogP contribution in [0.5, 0.6) is 0 Å². The normalized spacial score (nSPS) is 11.4. The van der Waals surface area contributed by atoms with Gasteiger partial charge in [0.05, 0.1) is 16.5 Å². The standard InChI is InChI=1S/C9H12ClFN2O2S/c10-7-3-1-4-8(9(7)11)13-16(14,15)6-2-5-12/h1,3-4,13H,2,5-6,12H2. The van der Waals surface area contributed by atoms with Gasteiger partial charge in [-0.3, -0.25) is 4.72 Å². The minimum Gasteiger partial charge on any atom is -0.330 e. The van der Waals surface area contributed by atoms with Gasteiger partial charge in [0.2, 0.25) is 10.0 Å². The van der Waals surface area contributed by atoms with Gasteiger partial charge in [-0.05, 0) is 25.1 Å². The Kier molecular flexibility index (Phi) is 4.52. The van der Waals surface area contributed by atoms with E-state index in [2.05, 4.69) is 4.72 Å². The van der Waals surface area contributed by atoms with Gasteiger partial charge >= 0.3 is 0 Å². The van der Waals surface area contributed by atoms with Crippen LogP contribution in [0.3, 0.4) is 0 Å². The van der Waals surface area contributed by atoms with Crippen molar-refractivity contribution in [2.45, 2.75) is 6.42 Å². The van der Waals surface area contributed by atoms with Crippen LogP contribution in [-0.2, 0) is 10.0 Å². The van der Waals surface area contributed by atoms with Crippen molar-refractivity contribution >= 4 is 27.3 Å². The van der Waals surface area contributed by atoms with Crippen molar-refractivity contribution in [1.29, 1.82) is 0 Å². The number of benzene rings is 1. The fourth-order valence-electron chi connectivity index (χ4n) is 1.07. The van der Waals surface area contributed by atoms with Crippen molar-refractivity contribution in [2.75, 3.05) is 17.0 Å². The SMILES string of the molecule is NCCCS(=O)(=O)Nc1cccc(Cl)c1F. The van der Waals surface area contributed by atoms with Crippen LogP contribution >= 0.6 is 11.6 Å². The maximum absolute atomic E-state index is 13.4. The van der Waals surface area contributed by atoms with Crippen LogP contribution in [0.4, 0.5) is 10.1 Å². The molecule has 0 saturated heterocycles. The smallest absolute Gasteiger partial charge is 0.232 e. The Morgan fingerprint density at radius 1 is 1.44 bits per heavy atom. The molecule has 0 aliphatic heterocycles. The number of sulfonamides is 1. The third kappa shape index (κ3) is 3.62. The lowest BCUT2D eigenvalue weighted by atomic mass is 10.3. The summed E-state index contributed by atoms with van der Waals surface area (Å²) in [6.07, 6.45) is 0.317. The van der Waals surface area contributed by atoms with Crippen LogP contribution in [0.2, 0.25) is 5.02 Å². The zero-order chi connectivity index (χ0) is 12.2. The highest BCUT2D eigenvalue weighted by Crippen LogP contribution is 2.22. The maximum Gasteiger partial charge on any atom is 0.232 e. The first-order chi connectivity index (χ1) is 7.46. The Morgan fingerprint density at radius 2 is 2.12 bits per heavy atom. The number of nitrogens with one attached hydrogen (secondary N) is 1. The second-order valence-corrected chi connectivity index (χ2v) is 5.41. The number of nitrogens with two attached hydrogens (primary N) is 1. The summed E-state index contributed by atoms with van der Waals surface area (Å²) in [5.74, 6) is -0.921. The van der Waals surface area contributed by atoms with Gasteiger partial charge in [-0.15, -0.1) is 0 Å². The van der Waals surface area contributed by atoms with E-state index in [4.69, 9.17) is 17.3 Å². The number of hydrogen-bond acceptors (Lipinski definition) is 3. The molecule has 4 nitrogen and oxygen atoms in total. The Labute approximate surface area is 98.6 Å². The van der Waals surface area contributed by atoms with Gasteiger partial charge in [-0.2, -0.15) is 0 Å². The van der Waals surface area contributed by atoms with Gasteiger partial charge in [-0.25, -0.2) is 12.8 Å². The van der Waals surface area contributed by atoms with Crippen molar-refractivity contribution in [3.05, 3.63) is 29.0 Å². The molecule has 0 aromatic heterocycles. The van der Waals surface area contributed by atoms with Crippen LogP contribution in [0.15, 0.2) is 18.2 Å². The van der Waals surface area contributed by atoms with E-state index in [1.165, 1.54) is 18.2 Å². The number of anilines is 1. The van der Waals surface area contributed by atoms with E-state index in [1.807, 2.05) is 0 Å². The lowest BCUT2D eigenvalue weighted by molar-refractivity contribution is 0.596. The molecule has 0 unspecified atom stereocenters. The van der Waals surface area contributed by atoms with Crippen LogP contribution < -0.4 is 10.5 Å². The first-order valence-corrected chi connectivity index (χ1v) is 6.64. The number of hydrogen-bond donors (Lipinski definition) is 2. The Hall–Kier alpha value is -0.850. The Morgan fingerprint density at radius 3 is 2.75 bits per heavy atom. The molecule has 0 radical (unpaired) electrons. The van der Waals surface area contributed by atoms with Crippen LogP contribution in [0.25, 0.3) is 0 Å². The van der Waals surface area contributed by atoms with E-state index in [0.29, 0.717) is 6.42 Å². The second kappa shape index (κ2) is 5.47. The predicted octanol–water partition coefficient (Wildman–Crippen LogP) is 1.57. The van der Waals surface area contributed by atoms with E-state index >= 15 is 0 Å². The largest absolute Gasteiger partial charge is 0.330 e. The molecule has 0 bridgehead atoms. The average Bonchev–Trinajstić information content (AvgIpc) is 2.22. The fourth-order valence-corrected chi connectivity index (χ4v) is 2.39. The summed E-state index contributed by atoms with van der Waals surface area (Å²) in [5.41, 5.74) is 5.05. The van der Waals surface area contributed by atoms with Crippen molar-refractivity contribution in [3.63, 3.8) is 0 Å². The van der Waals surface area contributed by atoms with E-state index in [-0.39, 0.29) is 23.0 Å². The summed E-state index contributed by atoms with van der Waals surface area (Å²) in [4.78, 5) is 0. The first-order valence-electron chi connectivity index (χ1n) is 4.61. The highest BCUT2D eigenvalue weighted by molar-refractivity contribution is 7.92. The van der Waals surface area contributed by atoms with Crippen LogP contribution in [0.1, 0.15) is 6.42 Å². The molecular weight excluding hydrogens is 255 g/mol. The maximum atomic E-state index is 13.4. The van der Waals surface area contributed by atoms with Gasteiger partial charge in [0.15, 0.2) is 5.82 Å². The molecule has 1 rings (SSSR count). The van der Waals surface area contributed by atoms with Crippen molar-refractivity contribution < 1.29 is 12.8 Å². The van der Waals surface area contributed by atoms with E-state index in [9.17, 15) is 12.8 Å². The van der Waals surface area contributed by atoms with Gasteiger partial charge < -0.3 is 5.73 Å². The van der Waals surface area contributed by atoms with Gasteiger partial charge in [-0.1, -0.05) is 17.7 Å². The summed E-state index contributed by atoms with van der Waals surface area (Å²) < 4.78 is 38.4. The van der Waals surface area contributed by atoms with E-state index in [1.54, 1.807) is 0 Å². The molecule has 0 fully saturated rings. The molecule has 1 aromatic carbocycles. The summed E-state index contributed by atoms with van der Waals surface area (Å²) in [5, 5.41) is -0.126. The first kappa shape index (κ1) is 13.2. The summed E-state index contributed by atoms with van der Waals surface area (Å²) in [7, 11) is -3.56. The Bertz CT molecular complexity index is 465. The third-order valence-electron chi connectivity index (χ3n) is 1.83. The average molecular weight is 267 g/mol. The van der Waals surface area contributed by atoms with Crippen molar-refractivity contribution in [2.24, 2.45) is 5.73 Å². The monoisotopic (exact) mass is 266 g/mol. The zero-order valence-corrected chi connectivity index (χ0v) is 9.98. The molecule has 0 aliphatic carbocycles. The fraction of sp³-hybridized carbons (Fsp3) is 0.333. The molecule has 1 aromatic rings. The summed E-state index contributed by atoms with van der Waals surface area (Å²) in [6, 6.07) is 4.11. The lowest BCUT2D eigenvalue weighted by Gasteiger charge is -2.08. The highest BCUT2D eigenvalue weighted by atomic mass is 35.5. The molecule has 90 valence electrons. The van der Waals surface area contributed by atoms with Crippen LogP contribution in [-0.4, -0.2) is 20.7 Å². The summed E-state index contributed by atoms with van der Waals surface area (Å²) >= 11 is 5.52. The molecule has 0 spiro atoms. The molecule has 0 saturated carbocycles. The molecule has 0 heterocycles. The van der Waals surface area contributed by atoms with Gasteiger partial charge in [0.25, 0.3) is 0 Å². The van der Waals surface area contributed by atoms with Crippen molar-refractivity contribution in [1.82, 2.24) is 0 Å². The molecule has 3 N–H and O–H groups in total. The van der Waals surface area contributed by atoms with Crippen LogP contribution in [0, 0.1) is 5.82 Å². The zero-order valence-electron chi connectivity index (χ0n) is 8.41. The molecule has 0 amide bonds. The minimum absolute atomic E-state index is 0.126. The minimum atomic E-state index is -3.56. The molecule has 7 heteroatoms. The quantitative estimate of drug-likeness (QED) is 0.850. The molecule has 0 aliphatic rings. The number of rotatable bonds is 5. The molecular formula is C9H12ClFN2O2S. The van der Waals surface area contributed by atoms with Gasteiger partial charge in [0, 0.05) is 0 Å². The van der Waals surface area contributed by atoms with Crippen molar-refractivity contribution in [3.8, 4) is 0 Å². The van der Waals surface area contributed by atoms with Gasteiger partial charge in [0.1, 0.15) is 0 Å². The third-order valence-corrected chi connectivity index (χ3v) is 3.48. The Balaban J connectivity index is 2.84. The topological polar surface area (TPSA) is 72.2 Å². The second-order valence-electron chi connectivity index (χ2n) is 3.16. The number of halogens is 2. The van der Waals surface area contributed by atoms with E-state index < -0.39 is 15.8 Å². The molecule has 16 heavy (non-hydrogen) atoms. The molecule has 0 atom stereocenters.